The average molecular weight is 488 g/mol. The van der Waals surface area contributed by atoms with Crippen molar-refractivity contribution in [2.24, 2.45) is 0 Å². The summed E-state index contributed by atoms with van der Waals surface area (Å²) in [5.41, 5.74) is 2.87. The number of nitrogens with one attached hydrogen (secondary N) is 1. The standard InChI is InChI=1S/C25H21N5O4S/c1-17-24(35-25(27-17)19-5-3-2-4-6-19)21-12-14-23(32)29(28-21)16-15-26-22(31)13-9-18-7-10-20(11-8-18)30(33)34/h2-14H,15-16H2,1H3,(H,26,31)/b13-9+. The monoisotopic (exact) mass is 487 g/mol. The first-order valence-corrected chi connectivity index (χ1v) is 11.5. The zero-order valence-electron chi connectivity index (χ0n) is 18.7. The third-order valence-electron chi connectivity index (χ3n) is 5.07. The van der Waals surface area contributed by atoms with E-state index in [0.717, 1.165) is 21.1 Å². The van der Waals surface area contributed by atoms with Crippen molar-refractivity contribution in [1.82, 2.24) is 20.1 Å². The molecule has 0 atom stereocenters. The SMILES string of the molecule is Cc1nc(-c2ccccc2)sc1-c1ccc(=O)n(CCNC(=O)/C=C/c2ccc([N+](=O)[O-])cc2)n1. The minimum absolute atomic E-state index is 0.0170. The van der Waals surface area contributed by atoms with Crippen molar-refractivity contribution in [2.45, 2.75) is 13.5 Å². The predicted molar refractivity (Wildman–Crippen MR) is 135 cm³/mol. The van der Waals surface area contributed by atoms with Gasteiger partial charge in [0, 0.05) is 36.4 Å². The summed E-state index contributed by atoms with van der Waals surface area (Å²) in [4.78, 5) is 40.2. The summed E-state index contributed by atoms with van der Waals surface area (Å²) in [5, 5.41) is 18.8. The second-order valence-corrected chi connectivity index (χ2v) is 8.55. The largest absolute Gasteiger partial charge is 0.351 e. The van der Waals surface area contributed by atoms with Gasteiger partial charge in [0.05, 0.1) is 22.0 Å². The van der Waals surface area contributed by atoms with Crippen LogP contribution in [0.4, 0.5) is 5.69 Å². The molecule has 0 unspecified atom stereocenters. The van der Waals surface area contributed by atoms with Crippen molar-refractivity contribution in [3.05, 3.63) is 105 Å². The number of nitrogens with zero attached hydrogens (tertiary/aromatic N) is 4. The van der Waals surface area contributed by atoms with E-state index in [1.165, 1.54) is 40.3 Å². The van der Waals surface area contributed by atoms with Gasteiger partial charge in [-0.15, -0.1) is 11.3 Å². The number of nitro benzene ring substituents is 1. The molecule has 0 spiro atoms. The van der Waals surface area contributed by atoms with Crippen LogP contribution in [0.1, 0.15) is 11.3 Å². The van der Waals surface area contributed by atoms with Crippen LogP contribution in [0.3, 0.4) is 0 Å². The van der Waals surface area contributed by atoms with E-state index in [1.807, 2.05) is 37.3 Å². The lowest BCUT2D eigenvalue weighted by Gasteiger charge is -2.07. The van der Waals surface area contributed by atoms with E-state index in [9.17, 15) is 19.7 Å². The van der Waals surface area contributed by atoms with E-state index in [2.05, 4.69) is 15.4 Å². The van der Waals surface area contributed by atoms with Crippen molar-refractivity contribution in [3.63, 3.8) is 0 Å². The fraction of sp³-hybridized carbons (Fsp3) is 0.120. The first kappa shape index (κ1) is 23.7. The molecule has 0 aliphatic rings. The van der Waals surface area contributed by atoms with E-state index < -0.39 is 4.92 Å². The summed E-state index contributed by atoms with van der Waals surface area (Å²) in [5.74, 6) is -0.349. The second kappa shape index (κ2) is 10.7. The topological polar surface area (TPSA) is 120 Å². The highest BCUT2D eigenvalue weighted by Crippen LogP contribution is 2.33. The van der Waals surface area contributed by atoms with Gasteiger partial charge in [-0.25, -0.2) is 9.67 Å². The Balaban J connectivity index is 1.39. The van der Waals surface area contributed by atoms with Gasteiger partial charge in [0.15, 0.2) is 0 Å². The van der Waals surface area contributed by atoms with Crippen molar-refractivity contribution >= 4 is 29.0 Å². The molecule has 1 N–H and O–H groups in total. The molecule has 0 fully saturated rings. The van der Waals surface area contributed by atoms with E-state index in [1.54, 1.807) is 24.3 Å². The number of aryl methyl sites for hydroxylation is 1. The number of benzene rings is 2. The number of carbonyl (C=O) groups is 1. The van der Waals surface area contributed by atoms with Crippen LogP contribution in [-0.2, 0) is 11.3 Å². The highest BCUT2D eigenvalue weighted by Gasteiger charge is 2.13. The molecule has 2 aromatic carbocycles. The van der Waals surface area contributed by atoms with Gasteiger partial charge in [0.2, 0.25) is 5.91 Å². The zero-order chi connectivity index (χ0) is 24.8. The van der Waals surface area contributed by atoms with Crippen LogP contribution in [0, 0.1) is 17.0 Å². The van der Waals surface area contributed by atoms with E-state index in [-0.39, 0.29) is 30.2 Å². The Kier molecular flexibility index (Phi) is 7.22. The van der Waals surface area contributed by atoms with Gasteiger partial charge in [-0.05, 0) is 36.8 Å². The molecule has 176 valence electrons. The van der Waals surface area contributed by atoms with Gasteiger partial charge in [-0.1, -0.05) is 30.3 Å². The van der Waals surface area contributed by atoms with Crippen molar-refractivity contribution in [3.8, 4) is 21.1 Å². The maximum Gasteiger partial charge on any atom is 0.269 e. The first-order chi connectivity index (χ1) is 16.9. The van der Waals surface area contributed by atoms with Crippen LogP contribution < -0.4 is 10.9 Å². The second-order valence-electron chi connectivity index (χ2n) is 7.55. The van der Waals surface area contributed by atoms with Crippen LogP contribution in [-0.4, -0.2) is 32.1 Å². The average Bonchev–Trinajstić information content (AvgIpc) is 3.26. The fourth-order valence-corrected chi connectivity index (χ4v) is 4.33. The maximum atomic E-state index is 12.3. The molecule has 4 aromatic rings. The number of nitro groups is 1. The number of carbonyl (C=O) groups excluding carboxylic acids is 1. The molecule has 1 amide bonds. The van der Waals surface area contributed by atoms with Crippen LogP contribution in [0.2, 0.25) is 0 Å². The molecule has 2 heterocycles. The molecule has 9 nitrogen and oxygen atoms in total. The number of thiazole rings is 1. The maximum absolute atomic E-state index is 12.3. The van der Waals surface area contributed by atoms with E-state index in [0.29, 0.717) is 11.3 Å². The summed E-state index contributed by atoms with van der Waals surface area (Å²) in [6, 6.07) is 18.9. The van der Waals surface area contributed by atoms with Crippen molar-refractivity contribution in [2.75, 3.05) is 6.54 Å². The lowest BCUT2D eigenvalue weighted by atomic mass is 10.2. The van der Waals surface area contributed by atoms with Crippen LogP contribution in [0.5, 0.6) is 0 Å². The van der Waals surface area contributed by atoms with Gasteiger partial charge in [0.25, 0.3) is 11.2 Å². The van der Waals surface area contributed by atoms with Crippen molar-refractivity contribution in [1.29, 1.82) is 0 Å². The minimum Gasteiger partial charge on any atom is -0.351 e. The molecule has 0 saturated heterocycles. The van der Waals surface area contributed by atoms with Gasteiger partial charge >= 0.3 is 0 Å². The van der Waals surface area contributed by atoms with E-state index in [4.69, 9.17) is 0 Å². The molecule has 10 heteroatoms. The number of hydrogen-bond donors (Lipinski definition) is 1. The normalized spacial score (nSPS) is 11.0. The number of aromatic nitrogens is 3. The highest BCUT2D eigenvalue weighted by atomic mass is 32.1. The zero-order valence-corrected chi connectivity index (χ0v) is 19.6. The van der Waals surface area contributed by atoms with Crippen molar-refractivity contribution < 1.29 is 9.72 Å². The summed E-state index contributed by atoms with van der Waals surface area (Å²) in [6.07, 6.45) is 2.89. The summed E-state index contributed by atoms with van der Waals surface area (Å²) < 4.78 is 1.32. The molecular weight excluding hydrogens is 466 g/mol. The lowest BCUT2D eigenvalue weighted by molar-refractivity contribution is -0.384. The third kappa shape index (κ3) is 5.92. The Labute approximate surface area is 204 Å². The van der Waals surface area contributed by atoms with Gasteiger partial charge in [0.1, 0.15) is 10.7 Å². The Hall–Kier alpha value is -4.44. The minimum atomic E-state index is -0.482. The van der Waals surface area contributed by atoms with Crippen LogP contribution in [0.15, 0.2) is 77.6 Å². The van der Waals surface area contributed by atoms with Crippen LogP contribution in [0.25, 0.3) is 27.2 Å². The predicted octanol–water partition coefficient (Wildman–Crippen LogP) is 4.08. The quantitative estimate of drug-likeness (QED) is 0.227. The number of hydrogen-bond acceptors (Lipinski definition) is 7. The van der Waals surface area contributed by atoms with E-state index >= 15 is 0 Å². The summed E-state index contributed by atoms with van der Waals surface area (Å²) >= 11 is 1.51. The molecule has 2 aromatic heterocycles. The first-order valence-electron chi connectivity index (χ1n) is 10.7. The number of non-ortho nitro benzene ring substituents is 1. The third-order valence-corrected chi connectivity index (χ3v) is 6.30. The summed E-state index contributed by atoms with van der Waals surface area (Å²) in [6.45, 7) is 2.32. The highest BCUT2D eigenvalue weighted by molar-refractivity contribution is 7.18. The summed E-state index contributed by atoms with van der Waals surface area (Å²) in [7, 11) is 0. The lowest BCUT2D eigenvalue weighted by Crippen LogP contribution is -2.31. The Morgan fingerprint density at radius 1 is 1.11 bits per heavy atom. The van der Waals surface area contributed by atoms with Gasteiger partial charge in [-0.3, -0.25) is 19.7 Å². The number of rotatable bonds is 8. The molecule has 35 heavy (non-hydrogen) atoms. The molecule has 0 saturated carbocycles. The molecule has 0 bridgehead atoms. The smallest absolute Gasteiger partial charge is 0.269 e. The Morgan fingerprint density at radius 3 is 2.57 bits per heavy atom. The van der Waals surface area contributed by atoms with Gasteiger partial charge < -0.3 is 5.32 Å². The molecule has 0 radical (unpaired) electrons. The molecule has 0 aliphatic carbocycles. The molecule has 4 rings (SSSR count). The van der Waals surface area contributed by atoms with Gasteiger partial charge in [-0.2, -0.15) is 5.10 Å². The Bertz CT molecular complexity index is 1440. The molecule has 0 aliphatic heterocycles. The number of amides is 1. The van der Waals surface area contributed by atoms with Crippen LogP contribution >= 0.6 is 11.3 Å². The fourth-order valence-electron chi connectivity index (χ4n) is 3.29. The molecular formula is C25H21N5O4S. The Morgan fingerprint density at radius 2 is 1.86 bits per heavy atom.